The average Bonchev–Trinajstić information content (AvgIpc) is 2.67. The molecule has 2 aromatic carbocycles. The quantitative estimate of drug-likeness (QED) is 0.265. The van der Waals surface area contributed by atoms with Crippen molar-refractivity contribution in [3.63, 3.8) is 0 Å². The summed E-state index contributed by atoms with van der Waals surface area (Å²) in [5.41, 5.74) is 2.70. The molecule has 2 rings (SSSR count). The molecule has 7 nitrogen and oxygen atoms in total. The van der Waals surface area contributed by atoms with Crippen LogP contribution in [0.5, 0.6) is 0 Å². The number of hydrogen-bond acceptors (Lipinski definition) is 6. The van der Waals surface area contributed by atoms with E-state index in [0.29, 0.717) is 12.5 Å². The van der Waals surface area contributed by atoms with Gasteiger partial charge in [-0.25, -0.2) is 0 Å². The van der Waals surface area contributed by atoms with Crippen molar-refractivity contribution < 1.29 is 9.66 Å². The Balaban J connectivity index is 2.62. The Bertz CT molecular complexity index is 815. The molecule has 27 heavy (non-hydrogen) atoms. The fourth-order valence-corrected chi connectivity index (χ4v) is 2.81. The van der Waals surface area contributed by atoms with Gasteiger partial charge in [0.2, 0.25) is 5.90 Å². The maximum absolute atomic E-state index is 11.0. The van der Waals surface area contributed by atoms with Crippen molar-refractivity contribution >= 4 is 17.2 Å². The Kier molecular flexibility index (Phi) is 6.93. The number of rotatable bonds is 7. The topological polar surface area (TPSA) is 94.0 Å². The maximum atomic E-state index is 11.0. The van der Waals surface area contributed by atoms with Crippen LogP contribution in [0, 0.1) is 10.1 Å². The monoisotopic (exact) mass is 368 g/mol. The van der Waals surface area contributed by atoms with Crippen LogP contribution in [-0.4, -0.2) is 36.4 Å². The van der Waals surface area contributed by atoms with Gasteiger partial charge in [-0.3, -0.25) is 10.1 Å². The van der Waals surface area contributed by atoms with Gasteiger partial charge in [0.25, 0.3) is 5.69 Å². The molecule has 1 unspecified atom stereocenters. The van der Waals surface area contributed by atoms with Crippen molar-refractivity contribution in [1.29, 1.82) is 0 Å². The number of nitrogens with zero attached hydrogens (tertiary/aromatic N) is 3. The zero-order valence-corrected chi connectivity index (χ0v) is 15.7. The SMILES string of the molecule is CCOC(=NN)C(C(=CN(C)C)c1ccc([N+](=O)[O-])cc1)c1ccccc1. The second-order valence-corrected chi connectivity index (χ2v) is 6.10. The van der Waals surface area contributed by atoms with Crippen LogP contribution in [0.2, 0.25) is 0 Å². The summed E-state index contributed by atoms with van der Waals surface area (Å²) in [4.78, 5) is 12.5. The maximum Gasteiger partial charge on any atom is 0.269 e. The van der Waals surface area contributed by atoms with Gasteiger partial charge in [-0.05, 0) is 35.8 Å². The summed E-state index contributed by atoms with van der Waals surface area (Å²) >= 11 is 0. The molecule has 0 amide bonds. The van der Waals surface area contributed by atoms with Gasteiger partial charge in [0.1, 0.15) is 0 Å². The molecule has 0 spiro atoms. The highest BCUT2D eigenvalue weighted by atomic mass is 16.6. The predicted molar refractivity (Wildman–Crippen MR) is 107 cm³/mol. The molecule has 0 aliphatic rings. The fraction of sp³-hybridized carbons (Fsp3) is 0.250. The van der Waals surface area contributed by atoms with E-state index >= 15 is 0 Å². The minimum atomic E-state index is -0.416. The van der Waals surface area contributed by atoms with Gasteiger partial charge in [-0.15, -0.1) is 5.10 Å². The molecule has 2 N–H and O–H groups in total. The van der Waals surface area contributed by atoms with E-state index in [1.165, 1.54) is 12.1 Å². The van der Waals surface area contributed by atoms with Crippen LogP contribution in [0.4, 0.5) is 5.69 Å². The standard InChI is InChI=1S/C20H24N4O3/c1-4-27-20(22-21)19(16-8-6-5-7-9-16)18(14-23(2)3)15-10-12-17(13-11-15)24(25)26/h5-14,19H,4,21H2,1-3H3. The summed E-state index contributed by atoms with van der Waals surface area (Å²) in [6, 6.07) is 16.2. The van der Waals surface area contributed by atoms with Crippen LogP contribution in [0.3, 0.4) is 0 Å². The van der Waals surface area contributed by atoms with Crippen LogP contribution in [0.1, 0.15) is 24.0 Å². The summed E-state index contributed by atoms with van der Waals surface area (Å²) in [6.45, 7) is 2.29. The van der Waals surface area contributed by atoms with Crippen molar-refractivity contribution in [2.24, 2.45) is 10.9 Å². The Morgan fingerprint density at radius 3 is 2.33 bits per heavy atom. The molecule has 0 aliphatic heterocycles. The largest absolute Gasteiger partial charge is 0.479 e. The number of hydrogen-bond donors (Lipinski definition) is 1. The van der Waals surface area contributed by atoms with Gasteiger partial charge >= 0.3 is 0 Å². The second kappa shape index (κ2) is 9.38. The van der Waals surface area contributed by atoms with Crippen molar-refractivity contribution in [3.8, 4) is 0 Å². The summed E-state index contributed by atoms with van der Waals surface area (Å²) < 4.78 is 5.71. The van der Waals surface area contributed by atoms with E-state index in [9.17, 15) is 10.1 Å². The lowest BCUT2D eigenvalue weighted by molar-refractivity contribution is -0.384. The highest BCUT2D eigenvalue weighted by Gasteiger charge is 2.26. The molecule has 0 heterocycles. The second-order valence-electron chi connectivity index (χ2n) is 6.10. The number of non-ortho nitro benzene ring substituents is 1. The Morgan fingerprint density at radius 1 is 1.22 bits per heavy atom. The molecule has 0 aliphatic carbocycles. The van der Waals surface area contributed by atoms with E-state index < -0.39 is 4.92 Å². The van der Waals surface area contributed by atoms with Crippen LogP contribution in [-0.2, 0) is 4.74 Å². The number of hydrazone groups is 1. The minimum Gasteiger partial charge on any atom is -0.479 e. The van der Waals surface area contributed by atoms with E-state index in [0.717, 1.165) is 16.7 Å². The summed E-state index contributed by atoms with van der Waals surface area (Å²) in [6.07, 6.45) is 1.95. The third-order valence-electron chi connectivity index (χ3n) is 3.92. The first-order valence-electron chi connectivity index (χ1n) is 8.56. The van der Waals surface area contributed by atoms with Gasteiger partial charge in [0, 0.05) is 32.4 Å². The molecule has 0 fully saturated rings. The van der Waals surface area contributed by atoms with Gasteiger partial charge in [0.15, 0.2) is 0 Å². The molecular weight excluding hydrogens is 344 g/mol. The van der Waals surface area contributed by atoms with Crippen molar-refractivity contribution in [1.82, 2.24) is 4.90 Å². The lowest BCUT2D eigenvalue weighted by Crippen LogP contribution is -2.21. The number of nitrogens with two attached hydrogens (primary N) is 1. The van der Waals surface area contributed by atoms with E-state index in [-0.39, 0.29) is 11.6 Å². The molecular formula is C20H24N4O3. The van der Waals surface area contributed by atoms with E-state index in [1.54, 1.807) is 12.1 Å². The number of nitro benzene ring substituents is 1. The van der Waals surface area contributed by atoms with Gasteiger partial charge in [0.05, 0.1) is 17.4 Å². The fourth-order valence-electron chi connectivity index (χ4n) is 2.81. The molecule has 2 aromatic rings. The summed E-state index contributed by atoms with van der Waals surface area (Å²) in [5, 5.41) is 14.9. The molecule has 0 saturated heterocycles. The normalized spacial score (nSPS) is 13.1. The third-order valence-corrected chi connectivity index (χ3v) is 3.92. The molecule has 0 saturated carbocycles. The minimum absolute atomic E-state index is 0.0386. The van der Waals surface area contributed by atoms with Crippen LogP contribution < -0.4 is 5.84 Å². The van der Waals surface area contributed by atoms with Crippen LogP contribution in [0.15, 0.2) is 65.9 Å². The molecule has 1 atom stereocenters. The third kappa shape index (κ3) is 5.07. The average molecular weight is 368 g/mol. The van der Waals surface area contributed by atoms with Crippen molar-refractivity contribution in [2.45, 2.75) is 12.8 Å². The Morgan fingerprint density at radius 2 is 1.85 bits per heavy atom. The zero-order chi connectivity index (χ0) is 19.8. The molecule has 142 valence electrons. The number of benzene rings is 2. The van der Waals surface area contributed by atoms with E-state index in [1.807, 2.05) is 62.5 Å². The van der Waals surface area contributed by atoms with Gasteiger partial charge in [-0.1, -0.05) is 30.3 Å². The summed E-state index contributed by atoms with van der Waals surface area (Å²) in [5.74, 6) is 5.68. The van der Waals surface area contributed by atoms with E-state index in [4.69, 9.17) is 10.6 Å². The lowest BCUT2D eigenvalue weighted by Gasteiger charge is -2.24. The first kappa shape index (κ1) is 20.0. The first-order valence-corrected chi connectivity index (χ1v) is 8.56. The predicted octanol–water partition coefficient (Wildman–Crippen LogP) is 3.59. The highest BCUT2D eigenvalue weighted by molar-refractivity contribution is 5.97. The number of ether oxygens (including phenoxy) is 1. The smallest absolute Gasteiger partial charge is 0.269 e. The summed E-state index contributed by atoms with van der Waals surface area (Å²) in [7, 11) is 3.82. The highest BCUT2D eigenvalue weighted by Crippen LogP contribution is 2.35. The van der Waals surface area contributed by atoms with Gasteiger partial charge in [-0.2, -0.15) is 0 Å². The van der Waals surface area contributed by atoms with Crippen LogP contribution in [0.25, 0.3) is 5.57 Å². The molecule has 0 aromatic heterocycles. The lowest BCUT2D eigenvalue weighted by atomic mass is 9.86. The first-order chi connectivity index (χ1) is 13.0. The molecule has 7 heteroatoms. The van der Waals surface area contributed by atoms with Gasteiger partial charge < -0.3 is 15.5 Å². The van der Waals surface area contributed by atoms with Crippen LogP contribution >= 0.6 is 0 Å². The van der Waals surface area contributed by atoms with Crippen molar-refractivity contribution in [2.75, 3.05) is 20.7 Å². The Hall–Kier alpha value is -3.35. The number of nitro groups is 1. The zero-order valence-electron chi connectivity index (χ0n) is 15.7. The molecule has 0 radical (unpaired) electrons. The Labute approximate surface area is 158 Å². The van der Waals surface area contributed by atoms with Crippen molar-refractivity contribution in [3.05, 3.63) is 82.0 Å². The molecule has 0 bridgehead atoms. The van der Waals surface area contributed by atoms with E-state index in [2.05, 4.69) is 5.10 Å².